The van der Waals surface area contributed by atoms with Gasteiger partial charge in [0.25, 0.3) is 6.01 Å². The molecule has 0 bridgehead atoms. The molecule has 0 aliphatic heterocycles. The Morgan fingerprint density at radius 2 is 2.15 bits per heavy atom. The average molecular weight is 182 g/mol. The second-order valence-electron chi connectivity index (χ2n) is 2.02. The molecule has 1 aromatic heterocycles. The van der Waals surface area contributed by atoms with Gasteiger partial charge in [-0.1, -0.05) is 0 Å². The Bertz CT molecular complexity index is 289. The Morgan fingerprint density at radius 3 is 2.62 bits per heavy atom. The standard InChI is InChI=1S/C6H7BN2O4/c1-12-5(10)4-2-8-6(9-3-4)13-7-11/h2-3,7,11H,1H3. The van der Waals surface area contributed by atoms with Gasteiger partial charge >= 0.3 is 13.7 Å². The van der Waals surface area contributed by atoms with Crippen molar-refractivity contribution in [1.82, 2.24) is 9.97 Å². The number of rotatable bonds is 3. The lowest BCUT2D eigenvalue weighted by atomic mass is 10.3. The first kappa shape index (κ1) is 9.46. The summed E-state index contributed by atoms with van der Waals surface area (Å²) in [5.74, 6) is -0.518. The third-order valence-electron chi connectivity index (χ3n) is 1.24. The van der Waals surface area contributed by atoms with Gasteiger partial charge in [0.15, 0.2) is 0 Å². The molecule has 0 amide bonds. The molecule has 68 valence electrons. The molecule has 1 N–H and O–H groups in total. The van der Waals surface area contributed by atoms with E-state index >= 15 is 0 Å². The van der Waals surface area contributed by atoms with Crippen LogP contribution in [-0.4, -0.2) is 35.8 Å². The second-order valence-corrected chi connectivity index (χ2v) is 2.02. The lowest BCUT2D eigenvalue weighted by molar-refractivity contribution is 0.0599. The van der Waals surface area contributed by atoms with Crippen LogP contribution in [0.5, 0.6) is 6.01 Å². The smallest absolute Gasteiger partial charge is 0.506 e. The molecule has 0 aromatic carbocycles. The number of hydrogen-bond acceptors (Lipinski definition) is 6. The number of carbonyl (C=O) groups excluding carboxylic acids is 1. The molecule has 0 radical (unpaired) electrons. The molecule has 0 unspecified atom stereocenters. The van der Waals surface area contributed by atoms with Gasteiger partial charge in [-0.25, -0.2) is 14.8 Å². The van der Waals surface area contributed by atoms with Crippen LogP contribution in [0.1, 0.15) is 10.4 Å². The second kappa shape index (κ2) is 4.41. The van der Waals surface area contributed by atoms with Crippen molar-refractivity contribution in [2.24, 2.45) is 0 Å². The fraction of sp³-hybridized carbons (Fsp3) is 0.167. The van der Waals surface area contributed by atoms with Crippen LogP contribution in [0.25, 0.3) is 0 Å². The van der Waals surface area contributed by atoms with E-state index in [-0.39, 0.29) is 11.6 Å². The highest BCUT2D eigenvalue weighted by atomic mass is 16.5. The minimum atomic E-state index is -0.518. The van der Waals surface area contributed by atoms with E-state index in [2.05, 4.69) is 19.4 Å². The summed E-state index contributed by atoms with van der Waals surface area (Å²) in [6.45, 7) is 0. The van der Waals surface area contributed by atoms with E-state index in [1.165, 1.54) is 19.5 Å². The fourth-order valence-corrected chi connectivity index (χ4v) is 0.672. The molecule has 0 spiro atoms. The van der Waals surface area contributed by atoms with Gasteiger partial charge in [-0.2, -0.15) is 0 Å². The molecule has 0 atom stereocenters. The van der Waals surface area contributed by atoms with E-state index < -0.39 is 13.7 Å². The fourth-order valence-electron chi connectivity index (χ4n) is 0.672. The quantitative estimate of drug-likeness (QED) is 0.471. The molecule has 7 heteroatoms. The summed E-state index contributed by atoms with van der Waals surface area (Å²) in [6, 6.07) is 0.00940. The summed E-state index contributed by atoms with van der Waals surface area (Å²) in [6.07, 6.45) is 2.51. The van der Waals surface area contributed by atoms with Crippen LogP contribution in [0.3, 0.4) is 0 Å². The average Bonchev–Trinajstić information content (AvgIpc) is 2.18. The van der Waals surface area contributed by atoms with Crippen molar-refractivity contribution in [2.75, 3.05) is 7.11 Å². The zero-order valence-corrected chi connectivity index (χ0v) is 6.93. The van der Waals surface area contributed by atoms with Crippen LogP contribution >= 0.6 is 0 Å². The number of carbonyl (C=O) groups is 1. The van der Waals surface area contributed by atoms with Crippen molar-refractivity contribution in [3.05, 3.63) is 18.0 Å². The van der Waals surface area contributed by atoms with Crippen molar-refractivity contribution in [3.63, 3.8) is 0 Å². The van der Waals surface area contributed by atoms with Gasteiger partial charge in [0.05, 0.1) is 12.7 Å². The molecular weight excluding hydrogens is 175 g/mol. The van der Waals surface area contributed by atoms with E-state index in [9.17, 15) is 4.79 Å². The molecule has 0 saturated heterocycles. The highest BCUT2D eigenvalue weighted by Gasteiger charge is 2.06. The van der Waals surface area contributed by atoms with Crippen molar-refractivity contribution in [1.29, 1.82) is 0 Å². The molecular formula is C6H7BN2O4. The van der Waals surface area contributed by atoms with Gasteiger partial charge in [0.1, 0.15) is 0 Å². The Hall–Kier alpha value is -1.63. The van der Waals surface area contributed by atoms with Crippen LogP contribution in [-0.2, 0) is 4.74 Å². The summed E-state index contributed by atoms with van der Waals surface area (Å²) in [5.41, 5.74) is 0.229. The summed E-state index contributed by atoms with van der Waals surface area (Å²) >= 11 is 0. The van der Waals surface area contributed by atoms with Crippen LogP contribution in [0.15, 0.2) is 12.4 Å². The first-order valence-electron chi connectivity index (χ1n) is 3.42. The zero-order chi connectivity index (χ0) is 9.68. The molecule has 1 aromatic rings. The maximum absolute atomic E-state index is 10.9. The van der Waals surface area contributed by atoms with Gasteiger partial charge in [0, 0.05) is 12.4 Å². The van der Waals surface area contributed by atoms with Gasteiger partial charge in [-0.3, -0.25) is 0 Å². The lowest BCUT2D eigenvalue weighted by Crippen LogP contribution is -2.06. The Balaban J connectivity index is 2.75. The van der Waals surface area contributed by atoms with Crippen LogP contribution in [0.2, 0.25) is 0 Å². The van der Waals surface area contributed by atoms with Crippen LogP contribution < -0.4 is 4.65 Å². The SMILES string of the molecule is COC(=O)c1cnc(OBO)nc1. The largest absolute Gasteiger partial charge is 0.510 e. The Labute approximate surface area is 74.8 Å². The number of hydrogen-bond donors (Lipinski definition) is 1. The van der Waals surface area contributed by atoms with Crippen molar-refractivity contribution >= 4 is 13.7 Å². The first-order valence-corrected chi connectivity index (χ1v) is 3.42. The topological polar surface area (TPSA) is 81.5 Å². The number of methoxy groups -OCH3 is 1. The number of esters is 1. The maximum Gasteiger partial charge on any atom is 0.506 e. The summed E-state index contributed by atoms with van der Waals surface area (Å²) in [7, 11) is 0.762. The molecule has 1 rings (SSSR count). The summed E-state index contributed by atoms with van der Waals surface area (Å²) in [4.78, 5) is 18.2. The Morgan fingerprint density at radius 1 is 1.54 bits per heavy atom. The van der Waals surface area contributed by atoms with Gasteiger partial charge in [-0.15, -0.1) is 0 Å². The first-order chi connectivity index (χ1) is 6.27. The lowest BCUT2D eigenvalue weighted by Gasteiger charge is -2.00. The molecule has 0 saturated carbocycles. The van der Waals surface area contributed by atoms with Crippen LogP contribution in [0, 0.1) is 0 Å². The minimum absolute atomic E-state index is 0.00940. The number of aromatic nitrogens is 2. The summed E-state index contributed by atoms with van der Waals surface area (Å²) < 4.78 is 8.98. The highest BCUT2D eigenvalue weighted by Crippen LogP contribution is 2.02. The molecule has 0 fully saturated rings. The van der Waals surface area contributed by atoms with E-state index in [0.717, 1.165) is 0 Å². The van der Waals surface area contributed by atoms with Crippen molar-refractivity contribution in [3.8, 4) is 6.01 Å². The van der Waals surface area contributed by atoms with E-state index in [0.29, 0.717) is 0 Å². The third-order valence-corrected chi connectivity index (χ3v) is 1.24. The predicted molar refractivity (Wildman–Crippen MR) is 43.4 cm³/mol. The minimum Gasteiger partial charge on any atom is -0.510 e. The molecule has 0 aliphatic rings. The molecule has 1 heterocycles. The Kier molecular flexibility index (Phi) is 3.21. The number of nitrogens with zero attached hydrogens (tertiary/aromatic N) is 2. The van der Waals surface area contributed by atoms with Gasteiger partial charge < -0.3 is 14.4 Å². The third kappa shape index (κ3) is 2.41. The number of ether oxygens (including phenoxy) is 1. The van der Waals surface area contributed by atoms with E-state index in [1.54, 1.807) is 0 Å². The van der Waals surface area contributed by atoms with Gasteiger partial charge in [-0.05, 0) is 0 Å². The zero-order valence-electron chi connectivity index (χ0n) is 6.93. The molecule has 6 nitrogen and oxygen atoms in total. The van der Waals surface area contributed by atoms with Gasteiger partial charge in [0.2, 0.25) is 0 Å². The molecule has 0 aliphatic carbocycles. The predicted octanol–water partition coefficient (Wildman–Crippen LogP) is -1.10. The summed E-state index contributed by atoms with van der Waals surface area (Å²) in [5, 5.41) is 8.35. The van der Waals surface area contributed by atoms with Crippen LogP contribution in [0.4, 0.5) is 0 Å². The molecule has 13 heavy (non-hydrogen) atoms. The van der Waals surface area contributed by atoms with Crippen molar-refractivity contribution in [2.45, 2.75) is 0 Å². The van der Waals surface area contributed by atoms with E-state index in [4.69, 9.17) is 5.02 Å². The monoisotopic (exact) mass is 182 g/mol. The van der Waals surface area contributed by atoms with E-state index in [1.807, 2.05) is 0 Å². The maximum atomic E-state index is 10.9. The van der Waals surface area contributed by atoms with Crippen molar-refractivity contribution < 1.29 is 19.2 Å². The highest BCUT2D eigenvalue weighted by molar-refractivity contribution is 6.17. The normalized spacial score (nSPS) is 9.08.